The van der Waals surface area contributed by atoms with Crippen LogP contribution in [-0.4, -0.2) is 29.3 Å². The predicted molar refractivity (Wildman–Crippen MR) is 113 cm³/mol. The number of hydrogen-bond donors (Lipinski definition) is 1. The Morgan fingerprint density at radius 3 is 2.20 bits per heavy atom. The van der Waals surface area contributed by atoms with Crippen molar-refractivity contribution in [3.63, 3.8) is 0 Å². The van der Waals surface area contributed by atoms with E-state index >= 15 is 0 Å². The Morgan fingerprint density at radius 2 is 1.63 bits per heavy atom. The lowest BCUT2D eigenvalue weighted by Crippen LogP contribution is -2.31. The molecule has 30 heavy (non-hydrogen) atoms. The van der Waals surface area contributed by atoms with Gasteiger partial charge in [0.1, 0.15) is 5.82 Å². The number of benzene rings is 2. The van der Waals surface area contributed by atoms with E-state index in [2.05, 4.69) is 30.6 Å². The molecule has 0 fully saturated rings. The molecule has 9 heteroatoms. The van der Waals surface area contributed by atoms with Crippen LogP contribution in [0.5, 0.6) is 0 Å². The van der Waals surface area contributed by atoms with E-state index in [9.17, 15) is 17.6 Å². The van der Waals surface area contributed by atoms with Crippen LogP contribution >= 0.6 is 0 Å². The second kappa shape index (κ2) is 8.16. The van der Waals surface area contributed by atoms with E-state index in [1.165, 1.54) is 33.5 Å². The van der Waals surface area contributed by atoms with Gasteiger partial charge in [-0.2, -0.15) is 0 Å². The van der Waals surface area contributed by atoms with Crippen molar-refractivity contribution in [2.24, 2.45) is 7.05 Å². The summed E-state index contributed by atoms with van der Waals surface area (Å²) >= 11 is 0. The molecule has 160 valence electrons. The van der Waals surface area contributed by atoms with Gasteiger partial charge >= 0.3 is 5.69 Å². The summed E-state index contributed by atoms with van der Waals surface area (Å²) < 4.78 is 43.2. The standard InChI is InChI=1S/C21H25FN4O3S/c1-21(2,3)16-7-11-18(12-8-16)30(28,29)23-13-14-26-20(27)25(4)19(24-26)15-5-9-17(22)10-6-15/h5-12,23H,13-14H2,1-4H3. The van der Waals surface area contributed by atoms with Crippen LogP contribution in [0.25, 0.3) is 11.4 Å². The minimum atomic E-state index is -3.71. The smallest absolute Gasteiger partial charge is 0.278 e. The van der Waals surface area contributed by atoms with Gasteiger partial charge in [-0.3, -0.25) is 4.57 Å². The number of nitrogens with one attached hydrogen (secondary N) is 1. The third-order valence-electron chi connectivity index (χ3n) is 4.79. The molecule has 2 aromatic carbocycles. The van der Waals surface area contributed by atoms with Gasteiger partial charge in [-0.1, -0.05) is 32.9 Å². The van der Waals surface area contributed by atoms with Gasteiger partial charge in [-0.05, 0) is 47.4 Å². The largest absolute Gasteiger partial charge is 0.345 e. The predicted octanol–water partition coefficient (Wildman–Crippen LogP) is 2.66. The highest BCUT2D eigenvalue weighted by molar-refractivity contribution is 7.89. The first-order valence-electron chi connectivity index (χ1n) is 9.49. The SMILES string of the molecule is Cn1c(-c2ccc(F)cc2)nn(CCNS(=O)(=O)c2ccc(C(C)(C)C)cc2)c1=O. The highest BCUT2D eigenvalue weighted by Gasteiger charge is 2.18. The molecule has 0 aliphatic carbocycles. The fraction of sp³-hybridized carbons (Fsp3) is 0.333. The molecule has 7 nitrogen and oxygen atoms in total. The molecule has 1 heterocycles. The molecule has 0 saturated carbocycles. The number of rotatable bonds is 6. The van der Waals surface area contributed by atoms with Gasteiger partial charge in [0.2, 0.25) is 10.0 Å². The summed E-state index contributed by atoms with van der Waals surface area (Å²) in [6.45, 7) is 6.23. The van der Waals surface area contributed by atoms with Crippen LogP contribution in [0, 0.1) is 5.82 Å². The Labute approximate surface area is 175 Å². The van der Waals surface area contributed by atoms with Crippen LogP contribution in [0.3, 0.4) is 0 Å². The topological polar surface area (TPSA) is 86.0 Å². The maximum atomic E-state index is 13.1. The van der Waals surface area contributed by atoms with Crippen LogP contribution in [0.2, 0.25) is 0 Å². The van der Waals surface area contributed by atoms with Crippen molar-refractivity contribution in [3.8, 4) is 11.4 Å². The molecule has 0 atom stereocenters. The fourth-order valence-corrected chi connectivity index (χ4v) is 4.01. The summed E-state index contributed by atoms with van der Waals surface area (Å²) in [6.07, 6.45) is 0. The second-order valence-corrected chi connectivity index (χ2v) is 9.83. The maximum absolute atomic E-state index is 13.1. The first-order chi connectivity index (χ1) is 14.0. The molecule has 0 saturated heterocycles. The summed E-state index contributed by atoms with van der Waals surface area (Å²) in [7, 11) is -2.15. The lowest BCUT2D eigenvalue weighted by atomic mass is 9.87. The van der Waals surface area contributed by atoms with E-state index in [-0.39, 0.29) is 34.9 Å². The minimum Gasteiger partial charge on any atom is -0.278 e. The second-order valence-electron chi connectivity index (χ2n) is 8.07. The zero-order valence-corrected chi connectivity index (χ0v) is 18.2. The fourth-order valence-electron chi connectivity index (χ4n) is 2.99. The van der Waals surface area contributed by atoms with Crippen molar-refractivity contribution < 1.29 is 12.8 Å². The van der Waals surface area contributed by atoms with Gasteiger partial charge in [0.25, 0.3) is 0 Å². The molecule has 1 N–H and O–H groups in total. The Hall–Kier alpha value is -2.78. The first kappa shape index (κ1) is 21.9. The normalized spacial score (nSPS) is 12.3. The van der Waals surface area contributed by atoms with Crippen LogP contribution < -0.4 is 10.4 Å². The summed E-state index contributed by atoms with van der Waals surface area (Å²) in [5.74, 6) is -0.00579. The number of halogens is 1. The van der Waals surface area contributed by atoms with Gasteiger partial charge in [-0.15, -0.1) is 5.10 Å². The van der Waals surface area contributed by atoms with Crippen LogP contribution in [-0.2, 0) is 29.0 Å². The van der Waals surface area contributed by atoms with Crippen molar-refractivity contribution in [2.75, 3.05) is 6.54 Å². The van der Waals surface area contributed by atoms with E-state index in [1.54, 1.807) is 31.3 Å². The molecule has 0 spiro atoms. The number of nitrogens with zero attached hydrogens (tertiary/aromatic N) is 3. The summed E-state index contributed by atoms with van der Waals surface area (Å²) in [5.41, 5.74) is 1.17. The monoisotopic (exact) mass is 432 g/mol. The summed E-state index contributed by atoms with van der Waals surface area (Å²) in [5, 5.41) is 4.25. The number of hydrogen-bond acceptors (Lipinski definition) is 4. The Balaban J connectivity index is 1.71. The van der Waals surface area contributed by atoms with Gasteiger partial charge < -0.3 is 0 Å². The van der Waals surface area contributed by atoms with Crippen LogP contribution in [0.1, 0.15) is 26.3 Å². The molecular weight excluding hydrogens is 407 g/mol. The highest BCUT2D eigenvalue weighted by Crippen LogP contribution is 2.23. The third-order valence-corrected chi connectivity index (χ3v) is 6.27. The van der Waals surface area contributed by atoms with E-state index < -0.39 is 10.0 Å². The molecule has 0 aliphatic heterocycles. The lowest BCUT2D eigenvalue weighted by molar-refractivity contribution is 0.550. The number of sulfonamides is 1. The maximum Gasteiger partial charge on any atom is 0.345 e. The van der Waals surface area contributed by atoms with Gasteiger partial charge in [0, 0.05) is 19.2 Å². The Kier molecular flexibility index (Phi) is 5.96. The molecule has 0 amide bonds. The van der Waals surface area contributed by atoms with Crippen molar-refractivity contribution in [3.05, 3.63) is 70.4 Å². The molecule has 0 unspecified atom stereocenters. The molecule has 0 radical (unpaired) electrons. The van der Waals surface area contributed by atoms with Crippen molar-refractivity contribution in [2.45, 2.75) is 37.6 Å². The molecule has 0 aliphatic rings. The Bertz CT molecular complexity index is 1190. The van der Waals surface area contributed by atoms with E-state index in [0.717, 1.165) is 5.56 Å². The van der Waals surface area contributed by atoms with E-state index in [0.29, 0.717) is 11.4 Å². The van der Waals surface area contributed by atoms with E-state index in [4.69, 9.17) is 0 Å². The van der Waals surface area contributed by atoms with Crippen LogP contribution in [0.15, 0.2) is 58.2 Å². The quantitative estimate of drug-likeness (QED) is 0.649. The van der Waals surface area contributed by atoms with E-state index in [1.807, 2.05) is 0 Å². The third kappa shape index (κ3) is 4.68. The van der Waals surface area contributed by atoms with Crippen molar-refractivity contribution in [1.29, 1.82) is 0 Å². The zero-order chi connectivity index (χ0) is 22.1. The summed E-state index contributed by atoms with van der Waals surface area (Å²) in [6, 6.07) is 12.4. The molecule has 0 bridgehead atoms. The molecule has 1 aromatic heterocycles. The van der Waals surface area contributed by atoms with Crippen molar-refractivity contribution >= 4 is 10.0 Å². The summed E-state index contributed by atoms with van der Waals surface area (Å²) in [4.78, 5) is 12.6. The molecular formula is C21H25FN4O3S. The first-order valence-corrected chi connectivity index (χ1v) is 11.0. The Morgan fingerprint density at radius 1 is 1.03 bits per heavy atom. The van der Waals surface area contributed by atoms with Gasteiger partial charge in [0.05, 0.1) is 11.4 Å². The van der Waals surface area contributed by atoms with Crippen LogP contribution in [0.4, 0.5) is 4.39 Å². The lowest BCUT2D eigenvalue weighted by Gasteiger charge is -2.19. The van der Waals surface area contributed by atoms with Gasteiger partial charge in [-0.25, -0.2) is 27.0 Å². The molecule has 3 rings (SSSR count). The molecule has 3 aromatic rings. The number of aromatic nitrogens is 3. The van der Waals surface area contributed by atoms with Crippen molar-refractivity contribution in [1.82, 2.24) is 19.1 Å². The highest BCUT2D eigenvalue weighted by atomic mass is 32.2. The zero-order valence-electron chi connectivity index (χ0n) is 17.4. The average Bonchev–Trinajstić information content (AvgIpc) is 2.96. The van der Waals surface area contributed by atoms with Gasteiger partial charge in [0.15, 0.2) is 5.82 Å². The average molecular weight is 433 g/mol. The minimum absolute atomic E-state index is 0.00311.